The molecule has 1 aliphatic heterocycles. The number of benzene rings is 6. The van der Waals surface area contributed by atoms with Crippen molar-refractivity contribution in [1.82, 2.24) is 19.1 Å². The lowest BCUT2D eigenvalue weighted by atomic mass is 10.0. The number of para-hydroxylation sites is 2. The van der Waals surface area contributed by atoms with Crippen molar-refractivity contribution in [3.8, 4) is 45.5 Å². The molecule has 0 saturated carbocycles. The molecule has 0 bridgehead atoms. The van der Waals surface area contributed by atoms with Crippen LogP contribution in [0.25, 0.3) is 89.8 Å². The van der Waals surface area contributed by atoms with E-state index in [1.165, 1.54) is 32.9 Å². The van der Waals surface area contributed by atoms with Crippen molar-refractivity contribution in [3.05, 3.63) is 169 Å². The molecule has 9 aromatic rings. The van der Waals surface area contributed by atoms with Crippen molar-refractivity contribution < 1.29 is 4.74 Å². The van der Waals surface area contributed by atoms with Crippen molar-refractivity contribution in [2.45, 2.75) is 27.2 Å². The van der Waals surface area contributed by atoms with Gasteiger partial charge in [0.1, 0.15) is 11.5 Å². The Morgan fingerprint density at radius 1 is 0.655 bits per heavy atom. The number of rotatable bonds is 7. The fourth-order valence-corrected chi connectivity index (χ4v) is 8.02. The summed E-state index contributed by atoms with van der Waals surface area (Å²) >= 11 is 0. The Bertz CT molecular complexity index is 3080. The SMILES string of the molecule is C/C=C\C=C/c1cn(-c2nc3c4c(cccc4n2)Oc2ccccc2-3)c2cc(-c3ccc4c5ccccc5n(-c5ccc(C)c(/C=C\CC)c5)c4c3)ccc12. The highest BCUT2D eigenvalue weighted by Gasteiger charge is 2.24. The summed E-state index contributed by atoms with van der Waals surface area (Å²) < 4.78 is 10.8. The highest BCUT2D eigenvalue weighted by atomic mass is 16.5. The minimum atomic E-state index is 0.618. The predicted octanol–water partition coefficient (Wildman–Crippen LogP) is 13.4. The zero-order valence-electron chi connectivity index (χ0n) is 31.0. The van der Waals surface area contributed by atoms with Crippen molar-refractivity contribution >= 4 is 55.8 Å². The van der Waals surface area contributed by atoms with Crippen LogP contribution in [0.5, 0.6) is 11.5 Å². The number of ether oxygens (including phenoxy) is 1. The molecule has 0 amide bonds. The van der Waals surface area contributed by atoms with E-state index in [-0.39, 0.29) is 0 Å². The lowest BCUT2D eigenvalue weighted by molar-refractivity contribution is 0.486. The lowest BCUT2D eigenvalue weighted by Gasteiger charge is -2.20. The molecule has 0 fully saturated rings. The Morgan fingerprint density at radius 3 is 2.31 bits per heavy atom. The van der Waals surface area contributed by atoms with Gasteiger partial charge in [-0.15, -0.1) is 0 Å². The molecule has 55 heavy (non-hydrogen) atoms. The molecule has 3 aromatic heterocycles. The monoisotopic (exact) mass is 710 g/mol. The first-order valence-electron chi connectivity index (χ1n) is 18.9. The average molecular weight is 711 g/mol. The summed E-state index contributed by atoms with van der Waals surface area (Å²) in [5, 5.41) is 4.53. The Labute approximate surface area is 319 Å². The Balaban J connectivity index is 1.18. The quantitative estimate of drug-likeness (QED) is 0.155. The van der Waals surface area contributed by atoms with Crippen LogP contribution in [0.3, 0.4) is 0 Å². The summed E-state index contributed by atoms with van der Waals surface area (Å²) in [4.78, 5) is 10.4. The smallest absolute Gasteiger partial charge is 0.235 e. The maximum atomic E-state index is 6.29. The summed E-state index contributed by atoms with van der Waals surface area (Å²) in [5.41, 5.74) is 13.1. The van der Waals surface area contributed by atoms with Gasteiger partial charge in [0.25, 0.3) is 0 Å². The zero-order chi connectivity index (χ0) is 37.0. The normalized spacial score (nSPS) is 12.6. The van der Waals surface area contributed by atoms with Gasteiger partial charge >= 0.3 is 0 Å². The van der Waals surface area contributed by atoms with E-state index in [4.69, 9.17) is 14.7 Å². The van der Waals surface area contributed by atoms with E-state index in [0.717, 1.165) is 73.4 Å². The molecular formula is C50H38N4O. The maximum absolute atomic E-state index is 6.29. The second kappa shape index (κ2) is 13.2. The molecule has 5 heteroatoms. The van der Waals surface area contributed by atoms with Crippen LogP contribution in [-0.2, 0) is 0 Å². The van der Waals surface area contributed by atoms with Gasteiger partial charge in [0.05, 0.1) is 33.1 Å². The fourth-order valence-electron chi connectivity index (χ4n) is 8.02. The van der Waals surface area contributed by atoms with E-state index < -0.39 is 0 Å². The molecule has 0 radical (unpaired) electrons. The van der Waals surface area contributed by atoms with E-state index in [1.807, 2.05) is 49.4 Å². The molecule has 4 heterocycles. The van der Waals surface area contributed by atoms with Crippen molar-refractivity contribution in [1.29, 1.82) is 0 Å². The summed E-state index contributed by atoms with van der Waals surface area (Å²) in [6, 6.07) is 43.2. The Hall–Kier alpha value is -6.98. The number of fused-ring (bicyclic) bond motifs is 6. The average Bonchev–Trinajstić information content (AvgIpc) is 3.75. The largest absolute Gasteiger partial charge is 0.456 e. The first kappa shape index (κ1) is 32.7. The number of aryl methyl sites for hydroxylation is 1. The molecule has 264 valence electrons. The van der Waals surface area contributed by atoms with Crippen molar-refractivity contribution in [3.63, 3.8) is 0 Å². The van der Waals surface area contributed by atoms with Crippen LogP contribution in [0.4, 0.5) is 0 Å². The third-order valence-corrected chi connectivity index (χ3v) is 10.7. The molecule has 0 N–H and O–H groups in total. The van der Waals surface area contributed by atoms with Gasteiger partial charge in [0, 0.05) is 39.2 Å². The summed E-state index contributed by atoms with van der Waals surface area (Å²) in [6.07, 6.45) is 16.0. The number of allylic oxidation sites excluding steroid dienone is 4. The molecular weight excluding hydrogens is 673 g/mol. The number of nitrogens with zero attached hydrogens (tertiary/aromatic N) is 4. The maximum Gasteiger partial charge on any atom is 0.235 e. The van der Waals surface area contributed by atoms with Crippen LogP contribution < -0.4 is 4.74 Å². The van der Waals surface area contributed by atoms with E-state index in [1.54, 1.807) is 0 Å². The minimum Gasteiger partial charge on any atom is -0.456 e. The molecule has 0 unspecified atom stereocenters. The van der Waals surface area contributed by atoms with Gasteiger partial charge in [0.2, 0.25) is 5.95 Å². The van der Waals surface area contributed by atoms with E-state index in [0.29, 0.717) is 5.95 Å². The summed E-state index contributed by atoms with van der Waals surface area (Å²) in [7, 11) is 0. The summed E-state index contributed by atoms with van der Waals surface area (Å²) in [5.74, 6) is 2.19. The molecule has 6 aromatic carbocycles. The van der Waals surface area contributed by atoms with Crippen LogP contribution in [0.1, 0.15) is 37.0 Å². The van der Waals surface area contributed by atoms with Gasteiger partial charge in [-0.25, -0.2) is 9.97 Å². The van der Waals surface area contributed by atoms with Gasteiger partial charge in [-0.3, -0.25) is 4.57 Å². The first-order chi connectivity index (χ1) is 27.1. The standard InChI is InChI=1S/C50H38N4O/c1-4-6-8-15-36-31-53(50-51-42-18-13-21-47-48(42)49(52-50)41-17-10-12-20-46(41)55-47)44-29-34(23-26-38(36)44)35-24-27-40-39-16-9-11-19-43(39)54(45(40)30-35)37-25-22-32(3)33(28-37)14-7-5-2/h4,6-31H,5H2,1-3H3/b6-4-,14-7-,15-8-. The van der Waals surface area contributed by atoms with Crippen LogP contribution >= 0.6 is 0 Å². The molecule has 0 aliphatic carbocycles. The topological polar surface area (TPSA) is 44.9 Å². The van der Waals surface area contributed by atoms with Gasteiger partial charge in [-0.2, -0.15) is 0 Å². The van der Waals surface area contributed by atoms with E-state index >= 15 is 0 Å². The van der Waals surface area contributed by atoms with Crippen LogP contribution in [0.2, 0.25) is 0 Å². The van der Waals surface area contributed by atoms with E-state index in [9.17, 15) is 0 Å². The lowest BCUT2D eigenvalue weighted by Crippen LogP contribution is -2.06. The third kappa shape index (κ3) is 5.39. The number of hydrogen-bond donors (Lipinski definition) is 0. The second-order valence-corrected chi connectivity index (χ2v) is 14.1. The summed E-state index contributed by atoms with van der Waals surface area (Å²) in [6.45, 7) is 6.39. The number of hydrogen-bond acceptors (Lipinski definition) is 3. The fraction of sp³-hybridized carbons (Fsp3) is 0.0800. The molecule has 1 aliphatic rings. The minimum absolute atomic E-state index is 0.618. The molecule has 10 rings (SSSR count). The van der Waals surface area contributed by atoms with Crippen molar-refractivity contribution in [2.75, 3.05) is 0 Å². The molecule has 0 spiro atoms. The molecule has 0 atom stereocenters. The third-order valence-electron chi connectivity index (χ3n) is 10.7. The zero-order valence-corrected chi connectivity index (χ0v) is 31.0. The highest BCUT2D eigenvalue weighted by Crippen LogP contribution is 2.45. The molecule has 0 saturated heterocycles. The predicted molar refractivity (Wildman–Crippen MR) is 230 cm³/mol. The first-order valence-corrected chi connectivity index (χ1v) is 18.9. The van der Waals surface area contributed by atoms with Crippen molar-refractivity contribution in [2.24, 2.45) is 0 Å². The van der Waals surface area contributed by atoms with Gasteiger partial charge in [0.15, 0.2) is 0 Å². The van der Waals surface area contributed by atoms with Gasteiger partial charge in [-0.1, -0.05) is 110 Å². The van der Waals surface area contributed by atoms with E-state index in [2.05, 4.69) is 144 Å². The van der Waals surface area contributed by atoms with Crippen LogP contribution in [0.15, 0.2) is 152 Å². The van der Waals surface area contributed by atoms with Crippen LogP contribution in [0, 0.1) is 6.92 Å². The molecule has 5 nitrogen and oxygen atoms in total. The van der Waals surface area contributed by atoms with Gasteiger partial charge in [-0.05, 0) is 97.1 Å². The highest BCUT2D eigenvalue weighted by molar-refractivity contribution is 6.10. The number of aromatic nitrogens is 4. The van der Waals surface area contributed by atoms with Crippen LogP contribution in [-0.4, -0.2) is 19.1 Å². The Kier molecular flexibility index (Phi) is 7.81. The van der Waals surface area contributed by atoms with Gasteiger partial charge < -0.3 is 9.30 Å². The Morgan fingerprint density at radius 2 is 1.44 bits per heavy atom. The second-order valence-electron chi connectivity index (χ2n) is 14.1.